The van der Waals surface area contributed by atoms with Crippen LogP contribution in [-0.2, 0) is 9.47 Å². The molecule has 0 amide bonds. The van der Waals surface area contributed by atoms with Gasteiger partial charge in [0.2, 0.25) is 0 Å². The molecule has 72 valence electrons. The lowest BCUT2D eigenvalue weighted by atomic mass is 10.2. The molecule has 3 heteroatoms. The van der Waals surface area contributed by atoms with Crippen LogP contribution in [0.5, 0.6) is 0 Å². The van der Waals surface area contributed by atoms with Crippen LogP contribution in [0.4, 0.5) is 0 Å². The zero-order chi connectivity index (χ0) is 8.97. The normalized spacial score (nSPS) is 35.2. The van der Waals surface area contributed by atoms with E-state index >= 15 is 0 Å². The van der Waals surface area contributed by atoms with Crippen molar-refractivity contribution in [3.8, 4) is 0 Å². The van der Waals surface area contributed by atoms with Gasteiger partial charge in [0, 0.05) is 13.1 Å². The third-order valence-electron chi connectivity index (χ3n) is 2.15. The molecule has 2 aliphatic rings. The quantitative estimate of drug-likeness (QED) is 0.539. The third-order valence-corrected chi connectivity index (χ3v) is 2.15. The minimum Gasteiger partial charge on any atom is -0.372 e. The van der Waals surface area contributed by atoms with E-state index in [0.29, 0.717) is 12.2 Å². The Morgan fingerprint density at radius 1 is 1.00 bits per heavy atom. The van der Waals surface area contributed by atoms with Gasteiger partial charge in [-0.25, -0.2) is 0 Å². The molecule has 0 N–H and O–H groups in total. The number of rotatable bonds is 0. The summed E-state index contributed by atoms with van der Waals surface area (Å²) in [4.78, 5) is 2.25. The minimum atomic E-state index is 0.346. The average Bonchev–Trinajstić information content (AvgIpc) is 2.48. The molecule has 0 bridgehead atoms. The number of likely N-dealkylation sites (N-methyl/N-ethyl adjacent to an activating group) is 1. The van der Waals surface area contributed by atoms with Crippen LogP contribution >= 0.6 is 0 Å². The molecule has 12 heavy (non-hydrogen) atoms. The number of fused-ring (bicyclic) bond motifs is 1. The Kier molecular flexibility index (Phi) is 3.98. The molecule has 0 spiro atoms. The van der Waals surface area contributed by atoms with Crippen molar-refractivity contribution in [2.75, 3.05) is 33.4 Å². The number of nitrogens with zero attached hydrogens (tertiary/aromatic N) is 1. The molecule has 0 aromatic heterocycles. The van der Waals surface area contributed by atoms with Gasteiger partial charge in [-0.05, 0) is 7.05 Å². The highest BCUT2D eigenvalue weighted by Crippen LogP contribution is 2.18. The Morgan fingerprint density at radius 3 is 1.83 bits per heavy atom. The highest BCUT2D eigenvalue weighted by atomic mass is 16.6. The smallest absolute Gasteiger partial charge is 0.0976 e. The summed E-state index contributed by atoms with van der Waals surface area (Å²) in [7, 11) is 2.10. The number of hydrogen-bond donors (Lipinski definition) is 0. The van der Waals surface area contributed by atoms with E-state index < -0.39 is 0 Å². The van der Waals surface area contributed by atoms with Crippen LogP contribution in [-0.4, -0.2) is 50.5 Å². The second-order valence-corrected chi connectivity index (χ2v) is 3.04. The Labute approximate surface area is 74.6 Å². The summed E-state index contributed by atoms with van der Waals surface area (Å²) in [5.74, 6) is 0. The third kappa shape index (κ3) is 2.19. The molecule has 2 atom stereocenters. The largest absolute Gasteiger partial charge is 0.372 e. The maximum atomic E-state index is 5.51. The van der Waals surface area contributed by atoms with Crippen LogP contribution in [0.2, 0.25) is 0 Å². The molecule has 0 radical (unpaired) electrons. The monoisotopic (exact) mass is 173 g/mol. The molecule has 2 fully saturated rings. The summed E-state index contributed by atoms with van der Waals surface area (Å²) >= 11 is 0. The highest BCUT2D eigenvalue weighted by molar-refractivity contribution is 4.85. The van der Waals surface area contributed by atoms with Crippen molar-refractivity contribution in [3.63, 3.8) is 0 Å². The van der Waals surface area contributed by atoms with E-state index in [1.54, 1.807) is 0 Å². The van der Waals surface area contributed by atoms with Gasteiger partial charge >= 0.3 is 0 Å². The maximum Gasteiger partial charge on any atom is 0.0976 e. The molecule has 2 rings (SSSR count). The zero-order valence-electron chi connectivity index (χ0n) is 8.25. The molecular weight excluding hydrogens is 154 g/mol. The van der Waals surface area contributed by atoms with Gasteiger partial charge in [0.25, 0.3) is 0 Å². The molecule has 3 nitrogen and oxygen atoms in total. The number of likely N-dealkylation sites (tertiary alicyclic amines) is 1. The van der Waals surface area contributed by atoms with Crippen molar-refractivity contribution < 1.29 is 9.47 Å². The van der Waals surface area contributed by atoms with Crippen LogP contribution in [0.1, 0.15) is 13.8 Å². The van der Waals surface area contributed by atoms with E-state index in [9.17, 15) is 0 Å². The lowest BCUT2D eigenvalue weighted by Gasteiger charge is -2.24. The molecule has 0 aromatic carbocycles. The fourth-order valence-corrected chi connectivity index (χ4v) is 1.64. The molecule has 2 aliphatic heterocycles. The molecule has 2 saturated heterocycles. The van der Waals surface area contributed by atoms with Crippen LogP contribution < -0.4 is 0 Å². The molecule has 0 aromatic rings. The van der Waals surface area contributed by atoms with Crippen LogP contribution in [0.3, 0.4) is 0 Å². The SMILES string of the molecule is CC.CN1CC2OCCOC2C1. The average molecular weight is 173 g/mol. The topological polar surface area (TPSA) is 21.7 Å². The Bertz CT molecular complexity index is 116. The van der Waals surface area contributed by atoms with Gasteiger partial charge in [-0.3, -0.25) is 0 Å². The van der Waals surface area contributed by atoms with E-state index in [2.05, 4.69) is 11.9 Å². The van der Waals surface area contributed by atoms with Gasteiger partial charge in [0.05, 0.1) is 25.4 Å². The fourth-order valence-electron chi connectivity index (χ4n) is 1.64. The van der Waals surface area contributed by atoms with Crippen molar-refractivity contribution in [1.29, 1.82) is 0 Å². The van der Waals surface area contributed by atoms with Crippen molar-refractivity contribution in [3.05, 3.63) is 0 Å². The fraction of sp³-hybridized carbons (Fsp3) is 1.00. The van der Waals surface area contributed by atoms with E-state index in [4.69, 9.17) is 9.47 Å². The lowest BCUT2D eigenvalue weighted by molar-refractivity contribution is -0.116. The first kappa shape index (κ1) is 9.96. The van der Waals surface area contributed by atoms with Crippen LogP contribution in [0.15, 0.2) is 0 Å². The summed E-state index contributed by atoms with van der Waals surface area (Å²) < 4.78 is 11.0. The van der Waals surface area contributed by atoms with Gasteiger partial charge in [-0.2, -0.15) is 0 Å². The Morgan fingerprint density at radius 2 is 1.42 bits per heavy atom. The van der Waals surface area contributed by atoms with E-state index in [1.807, 2.05) is 13.8 Å². The summed E-state index contributed by atoms with van der Waals surface area (Å²) in [6.45, 7) is 7.61. The van der Waals surface area contributed by atoms with Gasteiger partial charge < -0.3 is 14.4 Å². The predicted molar refractivity (Wildman–Crippen MR) is 48.3 cm³/mol. The van der Waals surface area contributed by atoms with Gasteiger partial charge in [-0.1, -0.05) is 13.8 Å². The number of ether oxygens (including phenoxy) is 2. The van der Waals surface area contributed by atoms with Gasteiger partial charge in [-0.15, -0.1) is 0 Å². The van der Waals surface area contributed by atoms with E-state index in [1.165, 1.54) is 0 Å². The van der Waals surface area contributed by atoms with Crippen LogP contribution in [0, 0.1) is 0 Å². The van der Waals surface area contributed by atoms with Crippen molar-refractivity contribution in [1.82, 2.24) is 4.90 Å². The Balaban J connectivity index is 0.000000336. The van der Waals surface area contributed by atoms with Crippen LogP contribution in [0.25, 0.3) is 0 Å². The highest BCUT2D eigenvalue weighted by Gasteiger charge is 2.34. The van der Waals surface area contributed by atoms with Gasteiger partial charge in [0.15, 0.2) is 0 Å². The second kappa shape index (κ2) is 4.80. The standard InChI is InChI=1S/C7H13NO2.C2H6/c1-8-4-6-7(5-8)10-3-2-9-6;1-2/h6-7H,2-5H2,1H3;1-2H3. The summed E-state index contributed by atoms with van der Waals surface area (Å²) in [5, 5.41) is 0. The number of hydrogen-bond acceptors (Lipinski definition) is 3. The van der Waals surface area contributed by atoms with Gasteiger partial charge in [0.1, 0.15) is 0 Å². The molecule has 2 unspecified atom stereocenters. The maximum absolute atomic E-state index is 5.51. The molecule has 0 aliphatic carbocycles. The van der Waals surface area contributed by atoms with Crippen molar-refractivity contribution in [2.45, 2.75) is 26.1 Å². The molecule has 2 heterocycles. The molecule has 0 saturated carbocycles. The second-order valence-electron chi connectivity index (χ2n) is 3.04. The Hall–Kier alpha value is -0.120. The first-order valence-electron chi connectivity index (χ1n) is 4.78. The van der Waals surface area contributed by atoms with E-state index in [-0.39, 0.29) is 0 Å². The molecular formula is C9H19NO2. The first-order valence-corrected chi connectivity index (χ1v) is 4.78. The first-order chi connectivity index (χ1) is 5.86. The van der Waals surface area contributed by atoms with Crippen molar-refractivity contribution in [2.24, 2.45) is 0 Å². The summed E-state index contributed by atoms with van der Waals surface area (Å²) in [6.07, 6.45) is 0.692. The predicted octanol–water partition coefficient (Wildman–Crippen LogP) is 0.742. The zero-order valence-corrected chi connectivity index (χ0v) is 8.25. The summed E-state index contributed by atoms with van der Waals surface area (Å²) in [5.41, 5.74) is 0. The lowest BCUT2D eigenvalue weighted by Crippen LogP contribution is -2.36. The van der Waals surface area contributed by atoms with E-state index in [0.717, 1.165) is 26.3 Å². The summed E-state index contributed by atoms with van der Waals surface area (Å²) in [6, 6.07) is 0. The minimum absolute atomic E-state index is 0.346. The van der Waals surface area contributed by atoms with Crippen molar-refractivity contribution >= 4 is 0 Å².